The maximum Gasteiger partial charge on any atom is 0.251 e. The van der Waals surface area contributed by atoms with Crippen LogP contribution in [0.15, 0.2) is 72.8 Å². The molecule has 1 amide bonds. The van der Waals surface area contributed by atoms with Gasteiger partial charge in [-0.2, -0.15) is 0 Å². The third kappa shape index (κ3) is 8.03. The van der Waals surface area contributed by atoms with E-state index in [1.165, 1.54) is 10.6 Å². The Balaban J connectivity index is 1.58. The van der Waals surface area contributed by atoms with E-state index in [0.717, 1.165) is 16.9 Å². The number of amides is 1. The Bertz CT molecular complexity index is 1220. The molecule has 186 valence electrons. The summed E-state index contributed by atoms with van der Waals surface area (Å²) in [6.45, 7) is 6.73. The summed E-state index contributed by atoms with van der Waals surface area (Å²) in [6.07, 6.45) is 1.20. The maximum absolute atomic E-state index is 12.5. The van der Waals surface area contributed by atoms with Crippen molar-refractivity contribution in [1.29, 1.82) is 0 Å². The fourth-order valence-corrected chi connectivity index (χ4v) is 4.32. The molecule has 7 nitrogen and oxygen atoms in total. The number of hydrogen-bond donors (Lipinski definition) is 1. The van der Waals surface area contributed by atoms with Crippen LogP contribution in [0.1, 0.15) is 35.3 Å². The van der Waals surface area contributed by atoms with Crippen LogP contribution in [0.2, 0.25) is 0 Å². The van der Waals surface area contributed by atoms with Gasteiger partial charge in [0, 0.05) is 5.56 Å². The standard InChI is InChI=1S/C27H32N2O5S/c1-20(2)34-25-14-12-24(13-15-25)29(35(4,31)32)19-22-8-10-23(11-9-22)27(30)28-16-17-33-26-7-5-6-21(3)18-26/h5-15,18,20H,16-17,19H2,1-4H3,(H,28,30). The first-order valence-corrected chi connectivity index (χ1v) is 13.3. The van der Waals surface area contributed by atoms with E-state index in [2.05, 4.69) is 5.32 Å². The summed E-state index contributed by atoms with van der Waals surface area (Å²) in [6, 6.07) is 21.6. The van der Waals surface area contributed by atoms with Gasteiger partial charge < -0.3 is 14.8 Å². The van der Waals surface area contributed by atoms with Crippen LogP contribution in [0, 0.1) is 6.92 Å². The highest BCUT2D eigenvalue weighted by atomic mass is 32.2. The van der Waals surface area contributed by atoms with Gasteiger partial charge in [0.25, 0.3) is 5.91 Å². The van der Waals surface area contributed by atoms with Crippen molar-refractivity contribution in [3.8, 4) is 11.5 Å². The second kappa shape index (κ2) is 11.8. The molecule has 1 N–H and O–H groups in total. The number of carbonyl (C=O) groups is 1. The first kappa shape index (κ1) is 26.1. The van der Waals surface area contributed by atoms with Gasteiger partial charge in [-0.15, -0.1) is 0 Å². The first-order valence-electron chi connectivity index (χ1n) is 11.4. The molecule has 3 rings (SSSR count). The molecule has 0 aliphatic heterocycles. The number of carbonyl (C=O) groups excluding carboxylic acids is 1. The van der Waals surface area contributed by atoms with E-state index in [1.807, 2.05) is 45.0 Å². The minimum Gasteiger partial charge on any atom is -0.492 e. The highest BCUT2D eigenvalue weighted by Crippen LogP contribution is 2.24. The summed E-state index contributed by atoms with van der Waals surface area (Å²) >= 11 is 0. The van der Waals surface area contributed by atoms with Crippen molar-refractivity contribution in [1.82, 2.24) is 5.32 Å². The summed E-state index contributed by atoms with van der Waals surface area (Å²) in [4.78, 5) is 12.4. The number of sulfonamides is 1. The van der Waals surface area contributed by atoms with Crippen molar-refractivity contribution in [3.05, 3.63) is 89.5 Å². The van der Waals surface area contributed by atoms with Gasteiger partial charge in [0.1, 0.15) is 18.1 Å². The van der Waals surface area contributed by atoms with Crippen LogP contribution < -0.4 is 19.1 Å². The van der Waals surface area contributed by atoms with Crippen LogP contribution >= 0.6 is 0 Å². The molecule has 0 aliphatic rings. The molecule has 0 fully saturated rings. The van der Waals surface area contributed by atoms with Crippen molar-refractivity contribution in [2.24, 2.45) is 0 Å². The maximum atomic E-state index is 12.5. The zero-order valence-corrected chi connectivity index (χ0v) is 21.3. The van der Waals surface area contributed by atoms with Gasteiger partial charge in [-0.3, -0.25) is 9.10 Å². The van der Waals surface area contributed by atoms with Gasteiger partial charge >= 0.3 is 0 Å². The smallest absolute Gasteiger partial charge is 0.251 e. The number of nitrogens with one attached hydrogen (secondary N) is 1. The quantitative estimate of drug-likeness (QED) is 0.394. The number of ether oxygens (including phenoxy) is 2. The number of nitrogens with zero attached hydrogens (tertiary/aromatic N) is 1. The lowest BCUT2D eigenvalue weighted by Crippen LogP contribution is -2.29. The molecule has 3 aromatic rings. The molecule has 0 bridgehead atoms. The van der Waals surface area contributed by atoms with Gasteiger partial charge in [-0.25, -0.2) is 8.42 Å². The third-order valence-electron chi connectivity index (χ3n) is 5.09. The normalized spacial score (nSPS) is 11.2. The van der Waals surface area contributed by atoms with E-state index >= 15 is 0 Å². The molecule has 0 atom stereocenters. The first-order chi connectivity index (χ1) is 16.6. The number of benzene rings is 3. The van der Waals surface area contributed by atoms with Crippen molar-refractivity contribution in [2.45, 2.75) is 33.4 Å². The molecule has 0 unspecified atom stereocenters. The summed E-state index contributed by atoms with van der Waals surface area (Å²) in [5.74, 6) is 1.23. The van der Waals surface area contributed by atoms with E-state index < -0.39 is 10.0 Å². The largest absolute Gasteiger partial charge is 0.492 e. The molecule has 0 saturated heterocycles. The number of aryl methyl sites for hydroxylation is 1. The van der Waals surface area contributed by atoms with Crippen molar-refractivity contribution >= 4 is 21.6 Å². The van der Waals surface area contributed by atoms with E-state index in [-0.39, 0.29) is 18.6 Å². The van der Waals surface area contributed by atoms with Crippen LogP contribution in [-0.2, 0) is 16.6 Å². The molecule has 0 radical (unpaired) electrons. The fourth-order valence-electron chi connectivity index (χ4n) is 3.43. The number of anilines is 1. The van der Waals surface area contributed by atoms with Crippen molar-refractivity contribution in [3.63, 3.8) is 0 Å². The second-order valence-electron chi connectivity index (χ2n) is 8.55. The molecule has 0 aromatic heterocycles. The zero-order valence-electron chi connectivity index (χ0n) is 20.5. The lowest BCUT2D eigenvalue weighted by Gasteiger charge is -2.23. The summed E-state index contributed by atoms with van der Waals surface area (Å²) < 4.78 is 37.5. The predicted molar refractivity (Wildman–Crippen MR) is 139 cm³/mol. The SMILES string of the molecule is Cc1cccc(OCCNC(=O)c2ccc(CN(c3ccc(OC(C)C)cc3)S(C)(=O)=O)cc2)c1. The summed E-state index contributed by atoms with van der Waals surface area (Å²) in [5, 5.41) is 2.83. The van der Waals surface area contributed by atoms with Gasteiger partial charge in [0.05, 0.1) is 31.1 Å². The Morgan fingerprint density at radius 1 is 0.971 bits per heavy atom. The number of rotatable bonds is 11. The lowest BCUT2D eigenvalue weighted by atomic mass is 10.1. The molecule has 35 heavy (non-hydrogen) atoms. The second-order valence-corrected chi connectivity index (χ2v) is 10.5. The highest BCUT2D eigenvalue weighted by molar-refractivity contribution is 7.92. The number of hydrogen-bond acceptors (Lipinski definition) is 5. The molecule has 0 spiro atoms. The van der Waals surface area contributed by atoms with Crippen LogP contribution in [0.5, 0.6) is 11.5 Å². The molecule has 0 saturated carbocycles. The molecule has 8 heteroatoms. The van der Waals surface area contributed by atoms with E-state index in [9.17, 15) is 13.2 Å². The average Bonchev–Trinajstić information content (AvgIpc) is 2.80. The molecule has 3 aromatic carbocycles. The minimum absolute atomic E-state index is 0.0308. The third-order valence-corrected chi connectivity index (χ3v) is 6.23. The molecular formula is C27H32N2O5S. The van der Waals surface area contributed by atoms with Crippen molar-refractivity contribution < 1.29 is 22.7 Å². The predicted octanol–water partition coefficient (Wildman–Crippen LogP) is 4.56. The van der Waals surface area contributed by atoms with E-state index in [1.54, 1.807) is 48.5 Å². The fraction of sp³-hybridized carbons (Fsp3) is 0.296. The Morgan fingerprint density at radius 3 is 2.26 bits per heavy atom. The lowest BCUT2D eigenvalue weighted by molar-refractivity contribution is 0.0947. The van der Waals surface area contributed by atoms with Crippen molar-refractivity contribution in [2.75, 3.05) is 23.7 Å². The van der Waals surface area contributed by atoms with Gasteiger partial charge in [-0.05, 0) is 80.4 Å². The molecule has 0 heterocycles. The van der Waals surface area contributed by atoms with Gasteiger partial charge in [0.2, 0.25) is 10.0 Å². The van der Waals surface area contributed by atoms with Crippen LogP contribution in [0.3, 0.4) is 0 Å². The Kier molecular flexibility index (Phi) is 8.76. The van der Waals surface area contributed by atoms with E-state index in [4.69, 9.17) is 9.47 Å². The highest BCUT2D eigenvalue weighted by Gasteiger charge is 2.18. The van der Waals surface area contributed by atoms with Gasteiger partial charge in [-0.1, -0.05) is 24.3 Å². The Labute approximate surface area is 207 Å². The Hall–Kier alpha value is -3.52. The zero-order chi connectivity index (χ0) is 25.4. The summed E-state index contributed by atoms with van der Waals surface area (Å²) in [7, 11) is -3.52. The average molecular weight is 497 g/mol. The molecule has 0 aliphatic carbocycles. The minimum atomic E-state index is -3.52. The Morgan fingerprint density at radius 2 is 1.66 bits per heavy atom. The monoisotopic (exact) mass is 496 g/mol. The van der Waals surface area contributed by atoms with E-state index in [0.29, 0.717) is 30.2 Å². The molecular weight excluding hydrogens is 464 g/mol. The summed E-state index contributed by atoms with van der Waals surface area (Å²) in [5.41, 5.74) is 2.90. The van der Waals surface area contributed by atoms with Gasteiger partial charge in [0.15, 0.2) is 0 Å². The van der Waals surface area contributed by atoms with Crippen LogP contribution in [0.25, 0.3) is 0 Å². The van der Waals surface area contributed by atoms with Crippen LogP contribution in [0.4, 0.5) is 5.69 Å². The van der Waals surface area contributed by atoms with Crippen LogP contribution in [-0.4, -0.2) is 39.8 Å². The topological polar surface area (TPSA) is 84.9 Å².